The second-order valence-electron chi connectivity index (χ2n) is 3.59. The third-order valence-electron chi connectivity index (χ3n) is 2.83. The van der Waals surface area contributed by atoms with E-state index in [1.54, 1.807) is 0 Å². The van der Waals surface area contributed by atoms with Crippen molar-refractivity contribution in [3.63, 3.8) is 0 Å². The lowest BCUT2D eigenvalue weighted by Gasteiger charge is -2.36. The molecule has 12 heavy (non-hydrogen) atoms. The number of likely N-dealkylation sites (N-methyl/N-ethyl adjacent to an activating group) is 2. The molecule has 1 N–H and O–H groups in total. The zero-order chi connectivity index (χ0) is 8.97. The van der Waals surface area contributed by atoms with Gasteiger partial charge in [0.2, 0.25) is 0 Å². The van der Waals surface area contributed by atoms with Gasteiger partial charge in [-0.05, 0) is 33.5 Å². The van der Waals surface area contributed by atoms with E-state index in [0.717, 1.165) is 0 Å². The minimum atomic E-state index is 0.454. The molecule has 1 fully saturated rings. The van der Waals surface area contributed by atoms with Crippen molar-refractivity contribution in [3.05, 3.63) is 12.7 Å². The minimum Gasteiger partial charge on any atom is -0.312 e. The van der Waals surface area contributed by atoms with Gasteiger partial charge in [0.25, 0.3) is 0 Å². The Labute approximate surface area is 75.6 Å². The number of nitrogens with zero attached hydrogens (tertiary/aromatic N) is 1. The Hall–Kier alpha value is -0.340. The first-order valence-corrected chi connectivity index (χ1v) is 4.79. The molecule has 0 aromatic heterocycles. The van der Waals surface area contributed by atoms with Crippen LogP contribution in [0.1, 0.15) is 19.3 Å². The van der Waals surface area contributed by atoms with E-state index in [1.807, 2.05) is 13.1 Å². The van der Waals surface area contributed by atoms with Crippen LogP contribution in [-0.4, -0.2) is 37.6 Å². The lowest BCUT2D eigenvalue weighted by Crippen LogP contribution is -2.48. The lowest BCUT2D eigenvalue weighted by atomic mass is 9.96. The zero-order valence-electron chi connectivity index (χ0n) is 8.21. The summed E-state index contributed by atoms with van der Waals surface area (Å²) >= 11 is 0. The van der Waals surface area contributed by atoms with Crippen molar-refractivity contribution < 1.29 is 0 Å². The SMILES string of the molecule is C=CC(NC)C1CCCCN1C. The van der Waals surface area contributed by atoms with Crippen LogP contribution in [0, 0.1) is 0 Å². The molecule has 1 aliphatic rings. The summed E-state index contributed by atoms with van der Waals surface area (Å²) < 4.78 is 0. The molecule has 1 saturated heterocycles. The van der Waals surface area contributed by atoms with Crippen molar-refractivity contribution in [3.8, 4) is 0 Å². The van der Waals surface area contributed by atoms with Crippen molar-refractivity contribution in [1.29, 1.82) is 0 Å². The molecule has 0 saturated carbocycles. The van der Waals surface area contributed by atoms with Crippen LogP contribution in [0.5, 0.6) is 0 Å². The van der Waals surface area contributed by atoms with Gasteiger partial charge in [-0.15, -0.1) is 6.58 Å². The Bertz CT molecular complexity index is 145. The van der Waals surface area contributed by atoms with Crippen LogP contribution in [0.2, 0.25) is 0 Å². The van der Waals surface area contributed by atoms with E-state index in [1.165, 1.54) is 25.8 Å². The molecule has 2 unspecified atom stereocenters. The number of rotatable bonds is 3. The topological polar surface area (TPSA) is 15.3 Å². The number of hydrogen-bond donors (Lipinski definition) is 1. The molecule has 2 heteroatoms. The van der Waals surface area contributed by atoms with Crippen LogP contribution in [0.4, 0.5) is 0 Å². The van der Waals surface area contributed by atoms with Crippen LogP contribution >= 0.6 is 0 Å². The van der Waals surface area contributed by atoms with Crippen LogP contribution in [0.25, 0.3) is 0 Å². The summed E-state index contributed by atoms with van der Waals surface area (Å²) in [5.74, 6) is 0. The van der Waals surface area contributed by atoms with Crippen molar-refractivity contribution in [1.82, 2.24) is 10.2 Å². The van der Waals surface area contributed by atoms with Crippen molar-refractivity contribution in [2.24, 2.45) is 0 Å². The van der Waals surface area contributed by atoms with Gasteiger partial charge in [-0.3, -0.25) is 0 Å². The standard InChI is InChI=1S/C10H20N2/c1-4-9(11-2)10-7-5-6-8-12(10)3/h4,9-11H,1,5-8H2,2-3H3. The Morgan fingerprint density at radius 1 is 1.58 bits per heavy atom. The molecule has 0 aliphatic carbocycles. The molecule has 0 aromatic carbocycles. The summed E-state index contributed by atoms with van der Waals surface area (Å²) in [6.45, 7) is 5.09. The Kier molecular flexibility index (Phi) is 3.76. The fraction of sp³-hybridized carbons (Fsp3) is 0.800. The smallest absolute Gasteiger partial charge is 0.0402 e. The van der Waals surface area contributed by atoms with E-state index < -0.39 is 0 Å². The first-order chi connectivity index (χ1) is 5.79. The van der Waals surface area contributed by atoms with Gasteiger partial charge in [0.15, 0.2) is 0 Å². The second kappa shape index (κ2) is 4.63. The zero-order valence-corrected chi connectivity index (χ0v) is 8.21. The van der Waals surface area contributed by atoms with Gasteiger partial charge in [0.05, 0.1) is 0 Å². The third kappa shape index (κ3) is 2.08. The quantitative estimate of drug-likeness (QED) is 0.638. The van der Waals surface area contributed by atoms with Gasteiger partial charge in [-0.25, -0.2) is 0 Å². The van der Waals surface area contributed by atoms with Crippen LogP contribution in [-0.2, 0) is 0 Å². The fourth-order valence-corrected chi connectivity index (χ4v) is 2.02. The maximum absolute atomic E-state index is 3.85. The summed E-state index contributed by atoms with van der Waals surface area (Å²) in [6, 6.07) is 1.11. The highest BCUT2D eigenvalue weighted by Crippen LogP contribution is 2.18. The van der Waals surface area contributed by atoms with Crippen LogP contribution in [0.3, 0.4) is 0 Å². The largest absolute Gasteiger partial charge is 0.312 e. The van der Waals surface area contributed by atoms with E-state index in [-0.39, 0.29) is 0 Å². The predicted molar refractivity (Wildman–Crippen MR) is 53.3 cm³/mol. The first kappa shape index (κ1) is 9.75. The second-order valence-corrected chi connectivity index (χ2v) is 3.59. The lowest BCUT2D eigenvalue weighted by molar-refractivity contribution is 0.163. The van der Waals surface area contributed by atoms with Gasteiger partial charge >= 0.3 is 0 Å². The molecule has 0 spiro atoms. The van der Waals surface area contributed by atoms with Gasteiger partial charge in [-0.2, -0.15) is 0 Å². The maximum atomic E-state index is 3.85. The molecule has 2 nitrogen and oxygen atoms in total. The van der Waals surface area contributed by atoms with E-state index in [2.05, 4.69) is 23.8 Å². The molecule has 0 bridgehead atoms. The first-order valence-electron chi connectivity index (χ1n) is 4.79. The number of hydrogen-bond acceptors (Lipinski definition) is 2. The molecular weight excluding hydrogens is 148 g/mol. The van der Waals surface area contributed by atoms with Crippen molar-refractivity contribution >= 4 is 0 Å². The highest BCUT2D eigenvalue weighted by Gasteiger charge is 2.23. The monoisotopic (exact) mass is 168 g/mol. The van der Waals surface area contributed by atoms with Gasteiger partial charge in [0, 0.05) is 12.1 Å². The van der Waals surface area contributed by atoms with Crippen LogP contribution in [0.15, 0.2) is 12.7 Å². The average molecular weight is 168 g/mol. The predicted octanol–water partition coefficient (Wildman–Crippen LogP) is 1.24. The van der Waals surface area contributed by atoms with Crippen molar-refractivity contribution in [2.45, 2.75) is 31.3 Å². The van der Waals surface area contributed by atoms with E-state index >= 15 is 0 Å². The third-order valence-corrected chi connectivity index (χ3v) is 2.83. The molecule has 0 radical (unpaired) electrons. The summed E-state index contributed by atoms with van der Waals surface area (Å²) in [7, 11) is 4.21. The Morgan fingerprint density at radius 2 is 2.33 bits per heavy atom. The molecule has 70 valence electrons. The van der Waals surface area contributed by atoms with Crippen molar-refractivity contribution in [2.75, 3.05) is 20.6 Å². The molecule has 1 heterocycles. The summed E-state index contributed by atoms with van der Waals surface area (Å²) in [5.41, 5.74) is 0. The van der Waals surface area contributed by atoms with Gasteiger partial charge in [-0.1, -0.05) is 12.5 Å². The Morgan fingerprint density at radius 3 is 2.83 bits per heavy atom. The summed E-state index contributed by atoms with van der Waals surface area (Å²) in [6.07, 6.45) is 6.03. The Balaban J connectivity index is 2.51. The average Bonchev–Trinajstić information content (AvgIpc) is 2.10. The molecular formula is C10H20N2. The number of nitrogens with one attached hydrogen (secondary N) is 1. The number of likely N-dealkylation sites (tertiary alicyclic amines) is 1. The van der Waals surface area contributed by atoms with E-state index in [4.69, 9.17) is 0 Å². The summed E-state index contributed by atoms with van der Waals surface area (Å²) in [4.78, 5) is 2.44. The maximum Gasteiger partial charge on any atom is 0.0402 e. The molecule has 2 atom stereocenters. The normalized spacial score (nSPS) is 28.3. The molecule has 1 rings (SSSR count). The molecule has 1 aliphatic heterocycles. The highest BCUT2D eigenvalue weighted by atomic mass is 15.2. The minimum absolute atomic E-state index is 0.454. The highest BCUT2D eigenvalue weighted by molar-refractivity contribution is 4.95. The van der Waals surface area contributed by atoms with E-state index in [0.29, 0.717) is 12.1 Å². The molecule has 0 amide bonds. The fourth-order valence-electron chi connectivity index (χ4n) is 2.02. The van der Waals surface area contributed by atoms with Gasteiger partial charge in [0.1, 0.15) is 0 Å². The van der Waals surface area contributed by atoms with Crippen LogP contribution < -0.4 is 5.32 Å². The van der Waals surface area contributed by atoms with Gasteiger partial charge < -0.3 is 10.2 Å². The summed E-state index contributed by atoms with van der Waals surface area (Å²) in [5, 5.41) is 3.29. The molecule has 0 aromatic rings. The van der Waals surface area contributed by atoms with E-state index in [9.17, 15) is 0 Å². The number of piperidine rings is 1.